The predicted molar refractivity (Wildman–Crippen MR) is 61.5 cm³/mol. The fraction of sp³-hybridized carbons (Fsp3) is 0.600. The monoisotopic (exact) mass is 244 g/mol. The number of rotatable bonds is 5. The topological polar surface area (TPSA) is 85.4 Å². The zero-order chi connectivity index (χ0) is 12.3. The third-order valence-corrected chi connectivity index (χ3v) is 3.35. The molecule has 5 nitrogen and oxygen atoms in total. The molecule has 0 radical (unpaired) electrons. The summed E-state index contributed by atoms with van der Waals surface area (Å²) in [6.45, 7) is 3.98. The molecule has 0 fully saturated rings. The molecule has 1 rings (SSSR count). The Labute approximate surface area is 98.3 Å². The van der Waals surface area contributed by atoms with Gasteiger partial charge in [-0.05, 0) is 0 Å². The molecular weight excluding hydrogens is 228 g/mol. The Morgan fingerprint density at radius 1 is 1.75 bits per heavy atom. The number of carbonyl (C=O) groups is 1. The molecule has 0 amide bonds. The maximum absolute atomic E-state index is 10.9. The lowest BCUT2D eigenvalue weighted by molar-refractivity contribution is -0.140. The summed E-state index contributed by atoms with van der Waals surface area (Å²) in [5.74, 6) is -1.02. The summed E-state index contributed by atoms with van der Waals surface area (Å²) in [6, 6.07) is -0.968. The highest BCUT2D eigenvalue weighted by atomic mass is 32.1. The number of methoxy groups -OCH3 is 1. The van der Waals surface area contributed by atoms with E-state index < -0.39 is 17.4 Å². The van der Waals surface area contributed by atoms with Crippen LogP contribution in [0.25, 0.3) is 0 Å². The van der Waals surface area contributed by atoms with Crippen LogP contribution in [-0.2, 0) is 21.6 Å². The van der Waals surface area contributed by atoms with Crippen LogP contribution in [-0.4, -0.2) is 29.2 Å². The van der Waals surface area contributed by atoms with Crippen LogP contribution in [0.15, 0.2) is 5.38 Å². The van der Waals surface area contributed by atoms with Gasteiger partial charge >= 0.3 is 5.97 Å². The van der Waals surface area contributed by atoms with Gasteiger partial charge in [-0.15, -0.1) is 11.3 Å². The minimum Gasteiger partial charge on any atom is -0.480 e. The first-order valence-corrected chi connectivity index (χ1v) is 5.69. The molecule has 1 aromatic heterocycles. The van der Waals surface area contributed by atoms with Crippen LogP contribution in [0.3, 0.4) is 0 Å². The van der Waals surface area contributed by atoms with Gasteiger partial charge in [0, 0.05) is 17.9 Å². The van der Waals surface area contributed by atoms with Gasteiger partial charge in [-0.2, -0.15) is 0 Å². The third kappa shape index (κ3) is 2.58. The number of nitrogens with zero attached hydrogens (tertiary/aromatic N) is 1. The Morgan fingerprint density at radius 2 is 2.38 bits per heavy atom. The van der Waals surface area contributed by atoms with Crippen LogP contribution < -0.4 is 5.73 Å². The van der Waals surface area contributed by atoms with Crippen molar-refractivity contribution in [3.05, 3.63) is 16.1 Å². The second-order valence-corrected chi connectivity index (χ2v) is 5.04. The summed E-state index contributed by atoms with van der Waals surface area (Å²) in [5.41, 5.74) is 5.65. The molecule has 3 N–H and O–H groups in total. The Kier molecular flexibility index (Phi) is 4.01. The Morgan fingerprint density at radius 3 is 2.88 bits per heavy atom. The molecule has 1 unspecified atom stereocenters. The number of carboxylic acids is 1. The molecule has 0 bridgehead atoms. The quantitative estimate of drug-likeness (QED) is 0.806. The standard InChI is InChI=1S/C10H16N2O3S/c1-10(2,8(11)9(13)14)6-5-16-7(12-6)4-15-3/h5,8H,4,11H2,1-3H3,(H,13,14). The van der Waals surface area contributed by atoms with E-state index in [9.17, 15) is 4.79 Å². The van der Waals surface area contributed by atoms with E-state index in [1.165, 1.54) is 11.3 Å². The largest absolute Gasteiger partial charge is 0.480 e. The summed E-state index contributed by atoms with van der Waals surface area (Å²) >= 11 is 1.45. The zero-order valence-corrected chi connectivity index (χ0v) is 10.4. The lowest BCUT2D eigenvalue weighted by atomic mass is 9.82. The molecule has 0 aliphatic heterocycles. The summed E-state index contributed by atoms with van der Waals surface area (Å²) in [7, 11) is 1.59. The average Bonchev–Trinajstić information content (AvgIpc) is 2.66. The highest BCUT2D eigenvalue weighted by Crippen LogP contribution is 2.27. The first kappa shape index (κ1) is 13.1. The van der Waals surface area contributed by atoms with Crippen LogP contribution in [0.1, 0.15) is 24.5 Å². The van der Waals surface area contributed by atoms with Gasteiger partial charge < -0.3 is 15.6 Å². The van der Waals surface area contributed by atoms with E-state index in [1.807, 2.05) is 5.38 Å². The molecule has 0 saturated carbocycles. The van der Waals surface area contributed by atoms with Gasteiger partial charge in [-0.25, -0.2) is 4.98 Å². The summed E-state index contributed by atoms with van der Waals surface area (Å²) in [5, 5.41) is 11.6. The number of hydrogen-bond acceptors (Lipinski definition) is 5. The molecule has 0 aromatic carbocycles. The maximum Gasteiger partial charge on any atom is 0.321 e. The van der Waals surface area contributed by atoms with Crippen molar-refractivity contribution in [3.8, 4) is 0 Å². The minimum atomic E-state index is -1.02. The molecule has 0 aliphatic carbocycles. The maximum atomic E-state index is 10.9. The molecule has 0 spiro atoms. The van der Waals surface area contributed by atoms with Gasteiger partial charge in [-0.3, -0.25) is 4.79 Å². The van der Waals surface area contributed by atoms with E-state index in [1.54, 1.807) is 21.0 Å². The van der Waals surface area contributed by atoms with Gasteiger partial charge in [0.2, 0.25) is 0 Å². The van der Waals surface area contributed by atoms with Gasteiger partial charge in [0.1, 0.15) is 11.0 Å². The van der Waals surface area contributed by atoms with Gasteiger partial charge in [0.25, 0.3) is 0 Å². The second-order valence-electron chi connectivity index (χ2n) is 4.10. The zero-order valence-electron chi connectivity index (χ0n) is 9.56. The van der Waals surface area contributed by atoms with Crippen LogP contribution in [0.2, 0.25) is 0 Å². The molecule has 90 valence electrons. The summed E-state index contributed by atoms with van der Waals surface area (Å²) < 4.78 is 4.96. The fourth-order valence-electron chi connectivity index (χ4n) is 1.26. The van der Waals surface area contributed by atoms with E-state index >= 15 is 0 Å². The number of ether oxygens (including phenoxy) is 1. The van der Waals surface area contributed by atoms with Crippen molar-refractivity contribution in [1.82, 2.24) is 4.98 Å². The predicted octanol–water partition coefficient (Wildman–Crippen LogP) is 0.979. The third-order valence-electron chi connectivity index (χ3n) is 2.52. The number of nitrogens with two attached hydrogens (primary N) is 1. The minimum absolute atomic E-state index is 0.434. The Bertz CT molecular complexity index is 376. The van der Waals surface area contributed by atoms with E-state index in [2.05, 4.69) is 4.98 Å². The highest BCUT2D eigenvalue weighted by Gasteiger charge is 2.35. The molecular formula is C10H16N2O3S. The van der Waals surface area contributed by atoms with Crippen molar-refractivity contribution in [2.45, 2.75) is 31.9 Å². The number of hydrogen-bond donors (Lipinski definition) is 2. The van der Waals surface area contributed by atoms with Crippen molar-refractivity contribution in [3.63, 3.8) is 0 Å². The first-order valence-electron chi connectivity index (χ1n) is 4.81. The number of aromatic nitrogens is 1. The lowest BCUT2D eigenvalue weighted by Crippen LogP contribution is -2.47. The Balaban J connectivity index is 2.93. The van der Waals surface area contributed by atoms with E-state index in [-0.39, 0.29) is 0 Å². The number of aliphatic carboxylic acids is 1. The SMILES string of the molecule is COCc1nc(C(C)(C)C(N)C(=O)O)cs1. The first-order chi connectivity index (χ1) is 7.39. The van der Waals surface area contributed by atoms with Gasteiger partial charge in [0.05, 0.1) is 12.3 Å². The van der Waals surface area contributed by atoms with E-state index in [4.69, 9.17) is 15.6 Å². The highest BCUT2D eigenvalue weighted by molar-refractivity contribution is 7.09. The van der Waals surface area contributed by atoms with Gasteiger partial charge in [-0.1, -0.05) is 13.8 Å². The Hall–Kier alpha value is -0.980. The summed E-state index contributed by atoms with van der Waals surface area (Å²) in [4.78, 5) is 15.2. The molecule has 16 heavy (non-hydrogen) atoms. The molecule has 0 saturated heterocycles. The normalized spacial score (nSPS) is 13.8. The van der Waals surface area contributed by atoms with Crippen LogP contribution in [0.4, 0.5) is 0 Å². The summed E-state index contributed by atoms with van der Waals surface area (Å²) in [6.07, 6.45) is 0. The van der Waals surface area contributed by atoms with Crippen molar-refractivity contribution in [1.29, 1.82) is 0 Å². The molecule has 1 aromatic rings. The van der Waals surface area contributed by atoms with Crippen molar-refractivity contribution in [2.75, 3.05) is 7.11 Å². The van der Waals surface area contributed by atoms with Crippen LogP contribution in [0, 0.1) is 0 Å². The molecule has 0 aliphatic rings. The average molecular weight is 244 g/mol. The van der Waals surface area contributed by atoms with Crippen LogP contribution >= 0.6 is 11.3 Å². The lowest BCUT2D eigenvalue weighted by Gasteiger charge is -2.26. The van der Waals surface area contributed by atoms with Crippen LogP contribution in [0.5, 0.6) is 0 Å². The van der Waals surface area contributed by atoms with E-state index in [0.717, 1.165) is 5.01 Å². The van der Waals surface area contributed by atoms with Crippen molar-refractivity contribution in [2.24, 2.45) is 5.73 Å². The van der Waals surface area contributed by atoms with Crippen molar-refractivity contribution >= 4 is 17.3 Å². The van der Waals surface area contributed by atoms with Crippen molar-refractivity contribution < 1.29 is 14.6 Å². The van der Waals surface area contributed by atoms with E-state index in [0.29, 0.717) is 12.3 Å². The fourth-order valence-corrected chi connectivity index (χ4v) is 2.21. The number of thiazole rings is 1. The smallest absolute Gasteiger partial charge is 0.321 e. The molecule has 1 heterocycles. The molecule has 1 atom stereocenters. The number of carboxylic acid groups (broad SMARTS) is 1. The van der Waals surface area contributed by atoms with Gasteiger partial charge in [0.15, 0.2) is 0 Å². The second kappa shape index (κ2) is 4.90. The molecule has 6 heteroatoms.